The van der Waals surface area contributed by atoms with Crippen LogP contribution in [0.4, 0.5) is 0 Å². The van der Waals surface area contributed by atoms with E-state index < -0.39 is 5.41 Å². The molecule has 0 aromatic heterocycles. The molecule has 0 saturated heterocycles. The lowest BCUT2D eigenvalue weighted by Gasteiger charge is -2.35. The van der Waals surface area contributed by atoms with Gasteiger partial charge in [0, 0.05) is 0 Å². The molecule has 0 radical (unpaired) electrons. The maximum absolute atomic E-state index is 2.54. The molecular weight excluding hydrogens is 589 g/mol. The zero-order valence-electron chi connectivity index (χ0n) is 28.2. The minimum atomic E-state index is -0.493. The summed E-state index contributed by atoms with van der Waals surface area (Å²) in [5.41, 5.74) is 13.8. The number of benzene rings is 8. The Bertz CT molecular complexity index is 2460. The predicted octanol–water partition coefficient (Wildman–Crippen LogP) is 13.0. The Morgan fingerprint density at radius 1 is 0.367 bits per heavy atom. The summed E-state index contributed by atoms with van der Waals surface area (Å²) in [6, 6.07) is 65.5. The fraction of sp³-hybridized carbons (Fsp3) is 0.102. The summed E-state index contributed by atoms with van der Waals surface area (Å²) in [6.45, 7) is 7.04. The quantitative estimate of drug-likeness (QED) is 0.182. The third-order valence-electron chi connectivity index (χ3n) is 10.7. The Balaban J connectivity index is 1.40. The lowest BCUT2D eigenvalue weighted by Crippen LogP contribution is -2.29. The molecule has 0 bridgehead atoms. The van der Waals surface area contributed by atoms with Gasteiger partial charge in [-0.25, -0.2) is 0 Å². The van der Waals surface area contributed by atoms with Gasteiger partial charge in [0.1, 0.15) is 0 Å². The molecule has 49 heavy (non-hydrogen) atoms. The molecule has 1 aliphatic rings. The van der Waals surface area contributed by atoms with Crippen molar-refractivity contribution in [3.63, 3.8) is 0 Å². The molecule has 0 saturated carbocycles. The summed E-state index contributed by atoms with van der Waals surface area (Å²) in [5, 5.41) is 5.20. The number of rotatable bonds is 4. The minimum Gasteiger partial charge on any atom is -0.0622 e. The van der Waals surface area contributed by atoms with Gasteiger partial charge < -0.3 is 0 Å². The van der Waals surface area contributed by atoms with Gasteiger partial charge in [0.2, 0.25) is 0 Å². The molecule has 0 unspecified atom stereocenters. The monoisotopic (exact) mass is 626 g/mol. The third kappa shape index (κ3) is 4.44. The van der Waals surface area contributed by atoms with Crippen molar-refractivity contribution in [3.05, 3.63) is 204 Å². The van der Waals surface area contributed by atoms with Crippen LogP contribution in [0.2, 0.25) is 0 Å². The number of hydrogen-bond donors (Lipinski definition) is 0. The highest BCUT2D eigenvalue weighted by Crippen LogP contribution is 2.59. The SMILES string of the molecule is CC(C)(C)c1cc2c(c3ccccc13)-c1ccc(-c3ccc(-c4ccccc4)c4ccccc34)cc1C2(c1ccccc1)c1ccccc1. The molecular formula is C49H38. The Kier molecular flexibility index (Phi) is 6.71. The van der Waals surface area contributed by atoms with E-state index in [1.807, 2.05) is 0 Å². The van der Waals surface area contributed by atoms with Gasteiger partial charge in [0.15, 0.2) is 0 Å². The molecule has 0 N–H and O–H groups in total. The molecule has 0 heteroatoms. The average Bonchev–Trinajstić information content (AvgIpc) is 3.45. The van der Waals surface area contributed by atoms with Crippen molar-refractivity contribution in [3.8, 4) is 33.4 Å². The summed E-state index contributed by atoms with van der Waals surface area (Å²) in [4.78, 5) is 0. The lowest BCUT2D eigenvalue weighted by molar-refractivity contribution is 0.593. The van der Waals surface area contributed by atoms with E-state index in [1.54, 1.807) is 0 Å². The molecule has 0 fully saturated rings. The first-order valence-corrected chi connectivity index (χ1v) is 17.4. The normalized spacial score (nSPS) is 13.4. The Labute approximate surface area is 289 Å². The second-order valence-corrected chi connectivity index (χ2v) is 14.5. The van der Waals surface area contributed by atoms with Gasteiger partial charge in [-0.2, -0.15) is 0 Å². The zero-order chi connectivity index (χ0) is 33.2. The van der Waals surface area contributed by atoms with E-state index in [2.05, 4.69) is 197 Å². The van der Waals surface area contributed by atoms with Gasteiger partial charge in [-0.15, -0.1) is 0 Å². The smallest absolute Gasteiger partial charge is 0.0622 e. The Hall–Kier alpha value is -5.72. The van der Waals surface area contributed by atoms with E-state index in [4.69, 9.17) is 0 Å². The molecule has 8 aromatic rings. The van der Waals surface area contributed by atoms with E-state index >= 15 is 0 Å². The van der Waals surface area contributed by atoms with Crippen LogP contribution in [-0.4, -0.2) is 0 Å². The zero-order valence-corrected chi connectivity index (χ0v) is 28.2. The number of hydrogen-bond acceptors (Lipinski definition) is 0. The van der Waals surface area contributed by atoms with Crippen LogP contribution in [0.15, 0.2) is 176 Å². The first kappa shape index (κ1) is 29.4. The highest BCUT2D eigenvalue weighted by Gasteiger charge is 2.47. The van der Waals surface area contributed by atoms with Crippen LogP contribution >= 0.6 is 0 Å². The van der Waals surface area contributed by atoms with Gasteiger partial charge in [0.05, 0.1) is 5.41 Å². The van der Waals surface area contributed by atoms with Crippen molar-refractivity contribution < 1.29 is 0 Å². The summed E-state index contributed by atoms with van der Waals surface area (Å²) in [6.07, 6.45) is 0. The molecule has 0 amide bonds. The van der Waals surface area contributed by atoms with Gasteiger partial charge >= 0.3 is 0 Å². The highest BCUT2D eigenvalue weighted by atomic mass is 14.5. The third-order valence-corrected chi connectivity index (χ3v) is 10.7. The second-order valence-electron chi connectivity index (χ2n) is 14.5. The first-order chi connectivity index (χ1) is 24.0. The maximum Gasteiger partial charge on any atom is 0.0714 e. The van der Waals surface area contributed by atoms with Crippen molar-refractivity contribution in [2.75, 3.05) is 0 Å². The topological polar surface area (TPSA) is 0 Å². The lowest BCUT2D eigenvalue weighted by atomic mass is 9.66. The predicted molar refractivity (Wildman–Crippen MR) is 208 cm³/mol. The largest absolute Gasteiger partial charge is 0.0714 e. The van der Waals surface area contributed by atoms with Crippen LogP contribution < -0.4 is 0 Å². The molecule has 0 heterocycles. The van der Waals surface area contributed by atoms with Crippen LogP contribution in [-0.2, 0) is 10.8 Å². The van der Waals surface area contributed by atoms with E-state index in [1.165, 1.54) is 82.7 Å². The van der Waals surface area contributed by atoms with E-state index in [9.17, 15) is 0 Å². The van der Waals surface area contributed by atoms with E-state index in [0.29, 0.717) is 0 Å². The van der Waals surface area contributed by atoms with Crippen molar-refractivity contribution in [2.24, 2.45) is 0 Å². The van der Waals surface area contributed by atoms with Crippen LogP contribution in [0.1, 0.15) is 48.6 Å². The molecule has 9 rings (SSSR count). The Morgan fingerprint density at radius 2 is 0.837 bits per heavy atom. The van der Waals surface area contributed by atoms with Crippen molar-refractivity contribution >= 4 is 21.5 Å². The number of fused-ring (bicyclic) bond motifs is 6. The van der Waals surface area contributed by atoms with Gasteiger partial charge in [-0.05, 0) is 94.2 Å². The average molecular weight is 627 g/mol. The van der Waals surface area contributed by atoms with Crippen LogP contribution in [0, 0.1) is 0 Å². The van der Waals surface area contributed by atoms with Crippen molar-refractivity contribution in [2.45, 2.75) is 31.6 Å². The summed E-state index contributed by atoms with van der Waals surface area (Å²) in [5.74, 6) is 0. The van der Waals surface area contributed by atoms with Gasteiger partial charge in [-0.1, -0.05) is 191 Å². The molecule has 8 aromatic carbocycles. The first-order valence-electron chi connectivity index (χ1n) is 17.4. The van der Waals surface area contributed by atoms with Crippen LogP contribution in [0.3, 0.4) is 0 Å². The van der Waals surface area contributed by atoms with Gasteiger partial charge in [-0.3, -0.25) is 0 Å². The minimum absolute atomic E-state index is 0.0346. The molecule has 0 spiro atoms. The van der Waals surface area contributed by atoms with Gasteiger partial charge in [0.25, 0.3) is 0 Å². The maximum atomic E-state index is 2.54. The molecule has 0 aliphatic heterocycles. The molecule has 0 nitrogen and oxygen atoms in total. The highest BCUT2D eigenvalue weighted by molar-refractivity contribution is 6.08. The van der Waals surface area contributed by atoms with Crippen molar-refractivity contribution in [1.29, 1.82) is 0 Å². The van der Waals surface area contributed by atoms with Crippen molar-refractivity contribution in [1.82, 2.24) is 0 Å². The molecule has 0 atom stereocenters. The van der Waals surface area contributed by atoms with Crippen LogP contribution in [0.25, 0.3) is 54.9 Å². The summed E-state index contributed by atoms with van der Waals surface area (Å²) >= 11 is 0. The van der Waals surface area contributed by atoms with Crippen LogP contribution in [0.5, 0.6) is 0 Å². The summed E-state index contributed by atoms with van der Waals surface area (Å²) < 4.78 is 0. The van der Waals surface area contributed by atoms with E-state index in [0.717, 1.165) is 0 Å². The molecule has 1 aliphatic carbocycles. The fourth-order valence-corrected chi connectivity index (χ4v) is 8.55. The molecule has 234 valence electrons. The van der Waals surface area contributed by atoms with E-state index in [-0.39, 0.29) is 5.41 Å². The fourth-order valence-electron chi connectivity index (χ4n) is 8.55. The second kappa shape index (κ2) is 11.2. The Morgan fingerprint density at radius 3 is 1.41 bits per heavy atom. The standard InChI is InChI=1S/C49H38/c1-48(2,3)44-32-46-47(42-26-16-15-25-41(42)44)43-28-27-34(31-45(43)49(46,35-19-9-5-10-20-35)36-21-11-6-12-22-36)38-30-29-37(33-17-7-4-8-18-33)39-23-13-14-24-40(38)39/h4-32H,1-3H3. The summed E-state index contributed by atoms with van der Waals surface area (Å²) in [7, 11) is 0.